The number of aromatic nitrogens is 3. The van der Waals surface area contributed by atoms with Crippen LogP contribution in [-0.2, 0) is 19.4 Å². The predicted molar refractivity (Wildman–Crippen MR) is 124 cm³/mol. The summed E-state index contributed by atoms with van der Waals surface area (Å²) in [6, 6.07) is 13.7. The van der Waals surface area contributed by atoms with Crippen LogP contribution in [0.1, 0.15) is 46.3 Å². The smallest absolute Gasteiger partial charge is 0.192 e. The number of benzene rings is 2. The van der Waals surface area contributed by atoms with Gasteiger partial charge < -0.3 is 9.47 Å². The van der Waals surface area contributed by atoms with Crippen LogP contribution in [0.5, 0.6) is 11.5 Å². The van der Waals surface area contributed by atoms with Gasteiger partial charge in [-0.05, 0) is 55.0 Å². The van der Waals surface area contributed by atoms with E-state index < -0.39 is 0 Å². The summed E-state index contributed by atoms with van der Waals surface area (Å²) in [5.41, 5.74) is 3.47. The minimum Gasteiger partial charge on any atom is -0.485 e. The quantitative estimate of drug-likeness (QED) is 0.294. The first-order valence-corrected chi connectivity index (χ1v) is 11.9. The van der Waals surface area contributed by atoms with Gasteiger partial charge in [0.1, 0.15) is 6.61 Å². The van der Waals surface area contributed by atoms with Crippen LogP contribution < -0.4 is 9.47 Å². The Labute approximate surface area is 191 Å². The average molecular weight is 448 g/mol. The van der Waals surface area contributed by atoms with Gasteiger partial charge in [0.15, 0.2) is 34.4 Å². The van der Waals surface area contributed by atoms with Gasteiger partial charge in [-0.15, -0.1) is 16.8 Å². The molecule has 0 spiro atoms. The molecule has 3 aromatic rings. The van der Waals surface area contributed by atoms with E-state index in [9.17, 15) is 4.79 Å². The molecule has 1 aliphatic carbocycles. The van der Waals surface area contributed by atoms with E-state index in [1.54, 1.807) is 6.08 Å². The Morgan fingerprint density at radius 2 is 1.94 bits per heavy atom. The zero-order chi connectivity index (χ0) is 21.9. The second kappa shape index (κ2) is 9.20. The third-order valence-electron chi connectivity index (χ3n) is 5.86. The number of carbonyl (C=O) groups is 1. The number of carbonyl (C=O) groups excluding carboxylic acids is 1. The van der Waals surface area contributed by atoms with Gasteiger partial charge in [0, 0.05) is 12.1 Å². The standard InChI is InChI=1S/C25H25N3O3S/c1-2-13-28-24(23-15-30-21-9-5-6-10-22(21)31-23)26-27-25(28)32-16-20(29)19-12-11-17-7-3-4-8-18(17)14-19/h2,5-6,9-12,14,23H,1,3-4,7-8,13,15-16H2/t23-/m1/s1. The fourth-order valence-corrected chi connectivity index (χ4v) is 5.06. The van der Waals surface area contributed by atoms with Gasteiger partial charge in [0.05, 0.1) is 5.75 Å². The first-order chi connectivity index (χ1) is 15.7. The van der Waals surface area contributed by atoms with E-state index in [-0.39, 0.29) is 11.9 Å². The maximum Gasteiger partial charge on any atom is 0.192 e. The maximum absolute atomic E-state index is 12.9. The van der Waals surface area contributed by atoms with E-state index in [1.807, 2.05) is 34.9 Å². The number of thioether (sulfide) groups is 1. The van der Waals surface area contributed by atoms with Crippen molar-refractivity contribution in [3.05, 3.63) is 77.6 Å². The minimum absolute atomic E-state index is 0.101. The molecular formula is C25H25N3O3S. The summed E-state index contributed by atoms with van der Waals surface area (Å²) < 4.78 is 13.9. The zero-order valence-electron chi connectivity index (χ0n) is 17.8. The molecule has 6 nitrogen and oxygen atoms in total. The molecule has 2 heterocycles. The highest BCUT2D eigenvalue weighted by atomic mass is 32.2. The molecule has 164 valence electrons. The molecule has 1 atom stereocenters. The molecule has 0 fully saturated rings. The Morgan fingerprint density at radius 3 is 2.78 bits per heavy atom. The number of ketones is 1. The van der Waals surface area contributed by atoms with Gasteiger partial charge in [-0.25, -0.2) is 0 Å². The molecule has 1 aliphatic heterocycles. The number of hydrogen-bond acceptors (Lipinski definition) is 6. The topological polar surface area (TPSA) is 66.2 Å². The van der Waals surface area contributed by atoms with Crippen molar-refractivity contribution >= 4 is 17.5 Å². The van der Waals surface area contributed by atoms with E-state index in [2.05, 4.69) is 28.9 Å². The number of Topliss-reactive ketones (excluding diaryl/α,β-unsaturated/α-hetero) is 1. The molecular weight excluding hydrogens is 422 g/mol. The number of allylic oxidation sites excluding steroid dienone is 1. The SMILES string of the molecule is C=CCn1c(SCC(=O)c2ccc3c(c2)CCCC3)nnc1[C@H]1COc2ccccc2O1. The van der Waals surface area contributed by atoms with E-state index in [1.165, 1.54) is 35.7 Å². The van der Waals surface area contributed by atoms with Gasteiger partial charge in [-0.1, -0.05) is 42.1 Å². The largest absolute Gasteiger partial charge is 0.485 e. The third-order valence-corrected chi connectivity index (χ3v) is 6.82. The van der Waals surface area contributed by atoms with Crippen molar-refractivity contribution in [1.82, 2.24) is 14.8 Å². The van der Waals surface area contributed by atoms with Crippen molar-refractivity contribution in [2.24, 2.45) is 0 Å². The summed E-state index contributed by atoms with van der Waals surface area (Å²) in [5, 5.41) is 9.38. The molecule has 0 N–H and O–H groups in total. The molecule has 5 rings (SSSR count). The highest BCUT2D eigenvalue weighted by Crippen LogP contribution is 2.36. The Morgan fingerprint density at radius 1 is 1.12 bits per heavy atom. The Kier molecular flexibility index (Phi) is 5.99. The Balaban J connectivity index is 1.31. The van der Waals surface area contributed by atoms with Crippen LogP contribution in [0.3, 0.4) is 0 Å². The van der Waals surface area contributed by atoms with Crippen LogP contribution in [0.15, 0.2) is 60.3 Å². The molecule has 1 aromatic heterocycles. The second-order valence-corrected chi connectivity index (χ2v) is 8.95. The summed E-state index contributed by atoms with van der Waals surface area (Å²) in [6.07, 6.45) is 6.03. The Hall–Kier alpha value is -3.06. The molecule has 0 radical (unpaired) electrons. The number of fused-ring (bicyclic) bond motifs is 2. The van der Waals surface area contributed by atoms with E-state index >= 15 is 0 Å². The first kappa shape index (κ1) is 20.8. The van der Waals surface area contributed by atoms with Crippen LogP contribution >= 0.6 is 11.8 Å². The molecule has 0 saturated heterocycles. The lowest BCUT2D eigenvalue weighted by Crippen LogP contribution is -2.25. The van der Waals surface area contributed by atoms with Gasteiger partial charge in [-0.3, -0.25) is 9.36 Å². The van der Waals surface area contributed by atoms with Crippen molar-refractivity contribution in [3.63, 3.8) is 0 Å². The third kappa shape index (κ3) is 4.17. The van der Waals surface area contributed by atoms with Crippen molar-refractivity contribution in [2.75, 3.05) is 12.4 Å². The van der Waals surface area contributed by atoms with E-state index in [4.69, 9.17) is 9.47 Å². The fraction of sp³-hybridized carbons (Fsp3) is 0.320. The molecule has 2 aromatic carbocycles. The van der Waals surface area contributed by atoms with Crippen LogP contribution in [0.2, 0.25) is 0 Å². The molecule has 0 amide bonds. The summed E-state index contributed by atoms with van der Waals surface area (Å²) in [6.45, 7) is 4.74. The van der Waals surface area contributed by atoms with Crippen LogP contribution in [0.25, 0.3) is 0 Å². The molecule has 2 aliphatic rings. The molecule has 0 saturated carbocycles. The number of ether oxygens (including phenoxy) is 2. The lowest BCUT2D eigenvalue weighted by atomic mass is 9.90. The fourth-order valence-electron chi connectivity index (χ4n) is 4.21. The van der Waals surface area contributed by atoms with Gasteiger partial charge in [0.2, 0.25) is 0 Å². The highest BCUT2D eigenvalue weighted by molar-refractivity contribution is 7.99. The molecule has 0 bridgehead atoms. The van der Waals surface area contributed by atoms with E-state index in [0.29, 0.717) is 35.6 Å². The van der Waals surface area contributed by atoms with Gasteiger partial charge in [0.25, 0.3) is 0 Å². The van der Waals surface area contributed by atoms with Crippen molar-refractivity contribution in [2.45, 2.75) is 43.5 Å². The van der Waals surface area contributed by atoms with Crippen LogP contribution in [-0.4, -0.2) is 32.9 Å². The predicted octanol–water partition coefficient (Wildman–Crippen LogP) is 4.83. The number of aryl methyl sites for hydroxylation is 2. The van der Waals surface area contributed by atoms with E-state index in [0.717, 1.165) is 24.2 Å². The van der Waals surface area contributed by atoms with Gasteiger partial charge in [-0.2, -0.15) is 0 Å². The zero-order valence-corrected chi connectivity index (χ0v) is 18.6. The highest BCUT2D eigenvalue weighted by Gasteiger charge is 2.28. The number of para-hydroxylation sites is 2. The summed E-state index contributed by atoms with van der Waals surface area (Å²) >= 11 is 1.39. The van der Waals surface area contributed by atoms with Crippen molar-refractivity contribution in [1.29, 1.82) is 0 Å². The molecule has 0 unspecified atom stereocenters. The maximum atomic E-state index is 12.9. The van der Waals surface area contributed by atoms with Crippen LogP contribution in [0.4, 0.5) is 0 Å². The summed E-state index contributed by atoms with van der Waals surface area (Å²) in [7, 11) is 0. The van der Waals surface area contributed by atoms with Crippen LogP contribution in [0, 0.1) is 0 Å². The number of rotatable bonds is 7. The molecule has 32 heavy (non-hydrogen) atoms. The minimum atomic E-state index is -0.372. The monoisotopic (exact) mass is 447 g/mol. The Bertz CT molecular complexity index is 1160. The first-order valence-electron chi connectivity index (χ1n) is 10.9. The van der Waals surface area contributed by atoms with Gasteiger partial charge >= 0.3 is 0 Å². The lowest BCUT2D eigenvalue weighted by Gasteiger charge is -2.26. The van der Waals surface area contributed by atoms with Crippen molar-refractivity contribution < 1.29 is 14.3 Å². The number of nitrogens with zero attached hydrogens (tertiary/aromatic N) is 3. The second-order valence-electron chi connectivity index (χ2n) is 8.01. The molecule has 7 heteroatoms. The number of hydrogen-bond donors (Lipinski definition) is 0. The van der Waals surface area contributed by atoms with Crippen molar-refractivity contribution in [3.8, 4) is 11.5 Å². The lowest BCUT2D eigenvalue weighted by molar-refractivity contribution is 0.0821. The summed E-state index contributed by atoms with van der Waals surface area (Å²) in [5.74, 6) is 2.49. The summed E-state index contributed by atoms with van der Waals surface area (Å²) in [4.78, 5) is 12.9. The normalized spacial score (nSPS) is 16.9. The average Bonchev–Trinajstić information content (AvgIpc) is 3.24.